The molecule has 0 heterocycles. The Bertz CT molecular complexity index is 1080. The molecule has 0 aliphatic rings. The quantitative estimate of drug-likeness (QED) is 0.179. The topological polar surface area (TPSA) is 127 Å². The number of carbonyl (C=O) groups excluding carboxylic acids is 3. The van der Waals surface area contributed by atoms with Crippen molar-refractivity contribution in [3.05, 3.63) is 53.1 Å². The lowest BCUT2D eigenvalue weighted by Crippen LogP contribution is -2.38. The first-order valence-corrected chi connectivity index (χ1v) is 11.6. The second-order valence-corrected chi connectivity index (χ2v) is 8.27. The van der Waals surface area contributed by atoms with Gasteiger partial charge in [-0.15, -0.1) is 0 Å². The summed E-state index contributed by atoms with van der Waals surface area (Å²) in [6.07, 6.45) is 2.08. The number of hydrazone groups is 1. The highest BCUT2D eigenvalue weighted by Crippen LogP contribution is 2.27. The number of hydrogen-bond acceptors (Lipinski definition) is 7. The Kier molecular flexibility index (Phi) is 11.4. The van der Waals surface area contributed by atoms with Gasteiger partial charge in [-0.1, -0.05) is 6.07 Å². The fourth-order valence-corrected chi connectivity index (χ4v) is 2.93. The van der Waals surface area contributed by atoms with E-state index in [9.17, 15) is 14.4 Å². The van der Waals surface area contributed by atoms with Crippen molar-refractivity contribution in [2.45, 2.75) is 40.2 Å². The van der Waals surface area contributed by atoms with Crippen molar-refractivity contribution in [2.24, 2.45) is 5.10 Å². The number of ether oxygens (including phenoxy) is 3. The molecule has 0 bridgehead atoms. The Hall–Kier alpha value is -3.92. The van der Waals surface area contributed by atoms with Gasteiger partial charge in [-0.05, 0) is 81.1 Å². The molecule has 0 unspecified atom stereocenters. The Morgan fingerprint density at radius 2 is 1.78 bits per heavy atom. The number of nitrogens with one attached hydrogen (secondary N) is 3. The van der Waals surface area contributed by atoms with E-state index in [1.807, 2.05) is 45.9 Å². The fourth-order valence-electron chi connectivity index (χ4n) is 2.93. The number of benzene rings is 2. The van der Waals surface area contributed by atoms with E-state index in [0.29, 0.717) is 42.3 Å². The van der Waals surface area contributed by atoms with E-state index in [1.165, 1.54) is 13.3 Å². The first-order chi connectivity index (χ1) is 17.2. The van der Waals surface area contributed by atoms with Gasteiger partial charge >= 0.3 is 11.8 Å². The summed E-state index contributed by atoms with van der Waals surface area (Å²) in [5, 5.41) is 9.09. The van der Waals surface area contributed by atoms with Crippen molar-refractivity contribution in [1.29, 1.82) is 0 Å². The third kappa shape index (κ3) is 9.75. The molecule has 194 valence electrons. The summed E-state index contributed by atoms with van der Waals surface area (Å²) >= 11 is 0. The van der Waals surface area contributed by atoms with Crippen LogP contribution in [-0.4, -0.2) is 56.9 Å². The van der Waals surface area contributed by atoms with E-state index >= 15 is 0 Å². The normalized spacial score (nSPS) is 10.8. The summed E-state index contributed by atoms with van der Waals surface area (Å²) in [6.45, 7) is 8.44. The molecule has 3 amide bonds. The molecule has 0 aromatic heterocycles. The highest BCUT2D eigenvalue weighted by molar-refractivity contribution is 6.35. The second-order valence-electron chi connectivity index (χ2n) is 8.27. The van der Waals surface area contributed by atoms with Crippen molar-refractivity contribution in [3.63, 3.8) is 0 Å². The average Bonchev–Trinajstić information content (AvgIpc) is 2.84. The van der Waals surface area contributed by atoms with E-state index in [0.717, 1.165) is 11.1 Å². The Labute approximate surface area is 211 Å². The summed E-state index contributed by atoms with van der Waals surface area (Å²) in [5.41, 5.74) is 5.68. The van der Waals surface area contributed by atoms with Gasteiger partial charge in [-0.2, -0.15) is 5.10 Å². The minimum absolute atomic E-state index is 0.116. The van der Waals surface area contributed by atoms with Gasteiger partial charge in [0.2, 0.25) is 0 Å². The predicted octanol–water partition coefficient (Wildman–Crippen LogP) is 2.71. The number of carbonyl (C=O) groups is 3. The Morgan fingerprint density at radius 3 is 2.47 bits per heavy atom. The molecule has 2 aromatic carbocycles. The number of anilines is 1. The maximum atomic E-state index is 12.3. The van der Waals surface area contributed by atoms with Crippen LogP contribution in [0.5, 0.6) is 11.5 Å². The summed E-state index contributed by atoms with van der Waals surface area (Å²) in [5.74, 6) is -1.21. The zero-order chi connectivity index (χ0) is 26.5. The zero-order valence-corrected chi connectivity index (χ0v) is 21.3. The summed E-state index contributed by atoms with van der Waals surface area (Å²) in [7, 11) is 1.47. The van der Waals surface area contributed by atoms with Crippen LogP contribution in [0.2, 0.25) is 0 Å². The molecular formula is C26H34N4O6. The molecule has 0 atom stereocenters. The van der Waals surface area contributed by atoms with Crippen molar-refractivity contribution in [2.75, 3.05) is 32.2 Å². The van der Waals surface area contributed by atoms with Gasteiger partial charge in [0, 0.05) is 18.8 Å². The fraction of sp³-hybridized carbons (Fsp3) is 0.385. The van der Waals surface area contributed by atoms with Crippen LogP contribution in [0.3, 0.4) is 0 Å². The lowest BCUT2D eigenvalue weighted by Gasteiger charge is -2.12. The number of rotatable bonds is 12. The average molecular weight is 499 g/mol. The van der Waals surface area contributed by atoms with Gasteiger partial charge in [-0.25, -0.2) is 5.43 Å². The van der Waals surface area contributed by atoms with Crippen molar-refractivity contribution in [1.82, 2.24) is 10.7 Å². The van der Waals surface area contributed by atoms with E-state index in [4.69, 9.17) is 14.2 Å². The van der Waals surface area contributed by atoms with Gasteiger partial charge in [-0.3, -0.25) is 14.4 Å². The minimum atomic E-state index is -0.877. The molecule has 0 radical (unpaired) electrons. The summed E-state index contributed by atoms with van der Waals surface area (Å²) < 4.78 is 16.3. The molecular weight excluding hydrogens is 464 g/mol. The van der Waals surface area contributed by atoms with Crippen molar-refractivity contribution in [3.8, 4) is 11.5 Å². The molecule has 0 spiro atoms. The SMILES string of the molecule is COc1cc(/C=N\NC(=O)C(=O)NCCCOC(C)C)ccc1OCC(=O)Nc1ccc(C)c(C)c1. The molecule has 0 aliphatic heterocycles. The number of amides is 3. The molecule has 0 saturated heterocycles. The zero-order valence-electron chi connectivity index (χ0n) is 21.3. The van der Waals surface area contributed by atoms with Gasteiger partial charge in [0.15, 0.2) is 18.1 Å². The van der Waals surface area contributed by atoms with E-state index in [1.54, 1.807) is 18.2 Å². The third-order valence-corrected chi connectivity index (χ3v) is 4.98. The van der Waals surface area contributed by atoms with Crippen LogP contribution in [0.25, 0.3) is 0 Å². The molecule has 0 fully saturated rings. The van der Waals surface area contributed by atoms with Crippen LogP contribution in [-0.2, 0) is 19.1 Å². The molecule has 10 nitrogen and oxygen atoms in total. The molecule has 10 heteroatoms. The van der Waals surface area contributed by atoms with Crippen LogP contribution in [0, 0.1) is 13.8 Å². The van der Waals surface area contributed by atoms with Crippen LogP contribution in [0.1, 0.15) is 37.0 Å². The standard InChI is InChI=1S/C26H34N4O6/c1-17(2)35-12-6-11-27-25(32)26(33)30-28-15-20-8-10-22(23(14-20)34-5)36-16-24(31)29-21-9-7-18(3)19(4)13-21/h7-10,13-15,17H,6,11-12,16H2,1-5H3,(H,27,32)(H,29,31)(H,30,33)/b28-15-. The Morgan fingerprint density at radius 1 is 1.00 bits per heavy atom. The molecule has 2 rings (SSSR count). The van der Waals surface area contributed by atoms with Crippen LogP contribution in [0.15, 0.2) is 41.5 Å². The largest absolute Gasteiger partial charge is 0.493 e. The van der Waals surface area contributed by atoms with Gasteiger partial charge in [0.25, 0.3) is 5.91 Å². The van der Waals surface area contributed by atoms with Crippen molar-refractivity contribution >= 4 is 29.6 Å². The predicted molar refractivity (Wildman–Crippen MR) is 137 cm³/mol. The molecule has 2 aromatic rings. The van der Waals surface area contributed by atoms with E-state index < -0.39 is 11.8 Å². The summed E-state index contributed by atoms with van der Waals surface area (Å²) in [4.78, 5) is 35.9. The molecule has 0 saturated carbocycles. The number of nitrogens with zero attached hydrogens (tertiary/aromatic N) is 1. The first-order valence-electron chi connectivity index (χ1n) is 11.6. The van der Waals surface area contributed by atoms with E-state index in [-0.39, 0.29) is 18.6 Å². The smallest absolute Gasteiger partial charge is 0.329 e. The molecule has 3 N–H and O–H groups in total. The molecule has 0 aliphatic carbocycles. The van der Waals surface area contributed by atoms with E-state index in [2.05, 4.69) is 21.2 Å². The number of hydrogen-bond donors (Lipinski definition) is 3. The maximum absolute atomic E-state index is 12.3. The first kappa shape index (κ1) is 28.3. The number of aryl methyl sites for hydroxylation is 2. The lowest BCUT2D eigenvalue weighted by molar-refractivity contribution is -0.139. The maximum Gasteiger partial charge on any atom is 0.329 e. The van der Waals surface area contributed by atoms with Gasteiger partial charge < -0.3 is 24.8 Å². The Balaban J connectivity index is 1.82. The van der Waals surface area contributed by atoms with Crippen LogP contribution >= 0.6 is 0 Å². The van der Waals surface area contributed by atoms with Crippen molar-refractivity contribution < 1.29 is 28.6 Å². The van der Waals surface area contributed by atoms with Gasteiger partial charge in [0.1, 0.15) is 0 Å². The van der Waals surface area contributed by atoms with Crippen LogP contribution in [0.4, 0.5) is 5.69 Å². The third-order valence-electron chi connectivity index (χ3n) is 4.98. The lowest BCUT2D eigenvalue weighted by atomic mass is 10.1. The minimum Gasteiger partial charge on any atom is -0.493 e. The summed E-state index contributed by atoms with van der Waals surface area (Å²) in [6, 6.07) is 10.6. The highest BCUT2D eigenvalue weighted by Gasteiger charge is 2.12. The second kappa shape index (κ2) is 14.5. The van der Waals surface area contributed by atoms with Gasteiger partial charge in [0.05, 0.1) is 19.4 Å². The van der Waals surface area contributed by atoms with Crippen LogP contribution < -0.4 is 25.5 Å². The number of methoxy groups -OCH3 is 1. The molecule has 36 heavy (non-hydrogen) atoms. The monoisotopic (exact) mass is 498 g/mol. The highest BCUT2D eigenvalue weighted by atomic mass is 16.5.